The first kappa shape index (κ1) is 27.0. The maximum atomic E-state index is 14.6. The molecule has 11 heteroatoms. The Morgan fingerprint density at radius 2 is 1.13 bits per heavy atom. The number of benzene rings is 4. The molecule has 0 aliphatic heterocycles. The Morgan fingerprint density at radius 3 is 1.68 bits per heavy atom. The van der Waals surface area contributed by atoms with Crippen molar-refractivity contribution in [2.24, 2.45) is 0 Å². The van der Waals surface area contributed by atoms with Crippen LogP contribution in [0.5, 0.6) is 5.75 Å². The van der Waals surface area contributed by atoms with Gasteiger partial charge in [-0.15, -0.1) is 0 Å². The number of alkyl halides is 5. The molecule has 1 nitrogen and oxygen atoms in total. The number of aryl methyl sites for hydroxylation is 1. The summed E-state index contributed by atoms with van der Waals surface area (Å²) in [4.78, 5) is 0. The van der Waals surface area contributed by atoms with E-state index in [9.17, 15) is 43.9 Å². The maximum absolute atomic E-state index is 14.6. The molecule has 4 rings (SSSR count). The van der Waals surface area contributed by atoms with Gasteiger partial charge in [0.2, 0.25) is 0 Å². The third-order valence-electron chi connectivity index (χ3n) is 5.63. The van der Waals surface area contributed by atoms with E-state index in [1.54, 1.807) is 0 Å². The van der Waals surface area contributed by atoms with E-state index in [0.717, 1.165) is 6.07 Å². The lowest BCUT2D eigenvalue weighted by molar-refractivity contribution is -0.187. The number of rotatable bonds is 5. The van der Waals surface area contributed by atoms with Crippen molar-refractivity contribution in [1.29, 1.82) is 0 Å². The van der Waals surface area contributed by atoms with Crippen LogP contribution in [0.15, 0.2) is 66.7 Å². The van der Waals surface area contributed by atoms with E-state index in [2.05, 4.69) is 4.74 Å². The summed E-state index contributed by atoms with van der Waals surface area (Å²) in [7, 11) is 0. The zero-order chi connectivity index (χ0) is 28.0. The highest BCUT2D eigenvalue weighted by Crippen LogP contribution is 2.39. The summed E-state index contributed by atoms with van der Waals surface area (Å²) in [5.74, 6) is -9.21. The Hall–Kier alpha value is -4.02. The minimum atomic E-state index is -5.42. The third kappa shape index (κ3) is 5.18. The predicted molar refractivity (Wildman–Crippen MR) is 118 cm³/mol. The molecule has 0 spiro atoms. The van der Waals surface area contributed by atoms with E-state index in [-0.39, 0.29) is 28.8 Å². The number of halogens is 10. The van der Waals surface area contributed by atoms with Gasteiger partial charge < -0.3 is 4.74 Å². The highest BCUT2D eigenvalue weighted by Gasteiger charge is 2.41. The summed E-state index contributed by atoms with van der Waals surface area (Å²) in [6.07, 6.45) is -9.93. The molecule has 0 aliphatic rings. The van der Waals surface area contributed by atoms with Crippen molar-refractivity contribution in [3.05, 3.63) is 113 Å². The van der Waals surface area contributed by atoms with Crippen LogP contribution in [0, 0.1) is 36.0 Å². The lowest BCUT2D eigenvalue weighted by atomic mass is 9.98. The zero-order valence-corrected chi connectivity index (χ0v) is 19.0. The van der Waals surface area contributed by atoms with Crippen molar-refractivity contribution in [1.82, 2.24) is 0 Å². The van der Waals surface area contributed by atoms with Crippen LogP contribution in [0.25, 0.3) is 22.3 Å². The van der Waals surface area contributed by atoms with Gasteiger partial charge in [0.1, 0.15) is 28.8 Å². The Balaban J connectivity index is 1.59. The quantitative estimate of drug-likeness (QED) is 0.228. The minimum Gasteiger partial charge on any atom is -0.429 e. The van der Waals surface area contributed by atoms with Gasteiger partial charge in [-0.3, -0.25) is 0 Å². The van der Waals surface area contributed by atoms with E-state index in [1.807, 2.05) is 0 Å². The van der Waals surface area contributed by atoms with Crippen LogP contribution in [0.3, 0.4) is 0 Å². The Kier molecular flexibility index (Phi) is 6.90. The molecule has 0 saturated carbocycles. The number of hydrogen-bond acceptors (Lipinski definition) is 1. The van der Waals surface area contributed by atoms with E-state index >= 15 is 0 Å². The second kappa shape index (κ2) is 9.70. The summed E-state index contributed by atoms with van der Waals surface area (Å²) >= 11 is 0. The van der Waals surface area contributed by atoms with Crippen LogP contribution in [0.1, 0.15) is 16.7 Å². The average molecular weight is 544 g/mol. The first-order valence-corrected chi connectivity index (χ1v) is 10.7. The van der Waals surface area contributed by atoms with Crippen molar-refractivity contribution in [2.45, 2.75) is 19.2 Å². The first-order valence-electron chi connectivity index (χ1n) is 10.7. The summed E-state index contributed by atoms with van der Waals surface area (Å²) in [6, 6.07) is 10.7. The van der Waals surface area contributed by atoms with Crippen molar-refractivity contribution in [3.63, 3.8) is 0 Å². The monoisotopic (exact) mass is 544 g/mol. The fourth-order valence-corrected chi connectivity index (χ4v) is 3.72. The molecular formula is C27H14F10O. The summed E-state index contributed by atoms with van der Waals surface area (Å²) in [5, 5.41) is 0. The zero-order valence-electron chi connectivity index (χ0n) is 19.0. The molecule has 4 aromatic rings. The Bertz CT molecular complexity index is 1490. The third-order valence-corrected chi connectivity index (χ3v) is 5.63. The molecule has 4 aromatic carbocycles. The van der Waals surface area contributed by atoms with Crippen LogP contribution in [-0.2, 0) is 12.3 Å². The molecule has 0 heterocycles. The topological polar surface area (TPSA) is 9.23 Å². The van der Waals surface area contributed by atoms with Crippen molar-refractivity contribution in [3.8, 4) is 28.0 Å². The van der Waals surface area contributed by atoms with Crippen LogP contribution in [-0.4, -0.2) is 0 Å². The Morgan fingerprint density at radius 1 is 0.579 bits per heavy atom. The lowest BCUT2D eigenvalue weighted by Gasteiger charge is -2.20. The number of ether oxygens (including phenoxy) is 1. The van der Waals surface area contributed by atoms with Gasteiger partial charge in [-0.25, -0.2) is 22.0 Å². The van der Waals surface area contributed by atoms with Crippen LogP contribution in [0.2, 0.25) is 0 Å². The maximum Gasteiger partial charge on any atom is 0.429 e. The highest BCUT2D eigenvalue weighted by atomic mass is 19.4. The molecular weight excluding hydrogens is 530 g/mol. The predicted octanol–water partition coefficient (Wildman–Crippen LogP) is 9.17. The standard InChI is InChI=1S/C27H14F10O/c1-13-2-8-18(25(32)24(13)31)15-5-3-14(4-6-15)16-7-9-19(20(28)10-16)27(36,37)38-17-11-21(29)23(22(30)12-17)26(33,34)35/h2-12H,1H3. The van der Waals surface area contributed by atoms with Crippen molar-refractivity contribution >= 4 is 0 Å². The van der Waals surface area contributed by atoms with Gasteiger partial charge in [0.15, 0.2) is 11.6 Å². The van der Waals surface area contributed by atoms with E-state index in [1.165, 1.54) is 43.3 Å². The largest absolute Gasteiger partial charge is 0.429 e. The molecule has 0 aliphatic carbocycles. The van der Waals surface area contributed by atoms with Crippen LogP contribution < -0.4 is 4.74 Å². The van der Waals surface area contributed by atoms with E-state index in [0.29, 0.717) is 23.3 Å². The summed E-state index contributed by atoms with van der Waals surface area (Å²) < 4.78 is 142. The summed E-state index contributed by atoms with van der Waals surface area (Å²) in [5.41, 5.74) is -2.81. The van der Waals surface area contributed by atoms with Gasteiger partial charge in [0.25, 0.3) is 0 Å². The molecule has 0 bridgehead atoms. The van der Waals surface area contributed by atoms with E-state index in [4.69, 9.17) is 0 Å². The SMILES string of the molecule is Cc1ccc(-c2ccc(-c3ccc(C(F)(F)Oc4cc(F)c(C(F)(F)F)c(F)c4)c(F)c3)cc2)c(F)c1F. The van der Waals surface area contributed by atoms with Gasteiger partial charge in [-0.05, 0) is 41.3 Å². The van der Waals surface area contributed by atoms with E-state index < -0.39 is 58.2 Å². The second-order valence-corrected chi connectivity index (χ2v) is 8.21. The Labute approximate surface area is 208 Å². The van der Waals surface area contributed by atoms with Crippen molar-refractivity contribution in [2.75, 3.05) is 0 Å². The second-order valence-electron chi connectivity index (χ2n) is 8.21. The van der Waals surface area contributed by atoms with Crippen LogP contribution >= 0.6 is 0 Å². The lowest BCUT2D eigenvalue weighted by Crippen LogP contribution is -2.24. The van der Waals surface area contributed by atoms with Gasteiger partial charge in [-0.2, -0.15) is 22.0 Å². The fourth-order valence-electron chi connectivity index (χ4n) is 3.72. The molecule has 0 N–H and O–H groups in total. The molecule has 0 fully saturated rings. The number of hydrogen-bond donors (Lipinski definition) is 0. The molecule has 0 saturated heterocycles. The minimum absolute atomic E-state index is 0.0193. The van der Waals surface area contributed by atoms with Gasteiger partial charge in [0, 0.05) is 17.7 Å². The van der Waals surface area contributed by atoms with Crippen molar-refractivity contribution < 1.29 is 48.6 Å². The smallest absolute Gasteiger partial charge is 0.429 e. The van der Waals surface area contributed by atoms with Gasteiger partial charge in [0.05, 0.1) is 5.56 Å². The van der Waals surface area contributed by atoms with Crippen LogP contribution in [0.4, 0.5) is 43.9 Å². The molecule has 0 amide bonds. The van der Waals surface area contributed by atoms with Gasteiger partial charge in [-0.1, -0.05) is 42.5 Å². The molecule has 0 atom stereocenters. The highest BCUT2D eigenvalue weighted by molar-refractivity contribution is 5.71. The summed E-state index contributed by atoms with van der Waals surface area (Å²) in [6.45, 7) is 1.40. The average Bonchev–Trinajstić information content (AvgIpc) is 2.81. The molecule has 0 aromatic heterocycles. The molecule has 198 valence electrons. The molecule has 0 unspecified atom stereocenters. The molecule has 0 radical (unpaired) electrons. The molecule has 38 heavy (non-hydrogen) atoms. The van der Waals surface area contributed by atoms with Gasteiger partial charge >= 0.3 is 12.3 Å². The fraction of sp³-hybridized carbons (Fsp3) is 0.111. The normalized spacial score (nSPS) is 12.1. The first-order chi connectivity index (χ1) is 17.7.